The summed E-state index contributed by atoms with van der Waals surface area (Å²) in [4.78, 5) is 41.3. The Morgan fingerprint density at radius 2 is 1.83 bits per heavy atom. The zero-order valence-corrected chi connectivity index (χ0v) is 17.0. The number of urea groups is 1. The number of nitrogens with one attached hydrogen (secondary N) is 1. The van der Waals surface area contributed by atoms with Gasteiger partial charge in [-0.05, 0) is 43.4 Å². The van der Waals surface area contributed by atoms with E-state index in [1.165, 1.54) is 0 Å². The van der Waals surface area contributed by atoms with Gasteiger partial charge in [0.25, 0.3) is 5.91 Å². The standard InChI is InChI=1S/C22H27N3O5/c26-19(14-25-20(27)22(23-21(25)28)8-1-2-9-22)24-10-3-5-16(24)15-6-7-17-18(13-15)30-12-4-11-29-17/h6-7,13,16H,1-5,8-12,14H2,(H,23,28). The number of carbonyl (C=O) groups excluding carboxylic acids is 3. The Morgan fingerprint density at radius 1 is 1.07 bits per heavy atom. The summed E-state index contributed by atoms with van der Waals surface area (Å²) < 4.78 is 11.5. The fraction of sp³-hybridized carbons (Fsp3) is 0.591. The van der Waals surface area contributed by atoms with Crippen LogP contribution in [0.5, 0.6) is 11.5 Å². The lowest BCUT2D eigenvalue weighted by molar-refractivity contribution is -0.139. The number of fused-ring (bicyclic) bond motifs is 1. The van der Waals surface area contributed by atoms with Gasteiger partial charge in [0.05, 0.1) is 19.3 Å². The molecular weight excluding hydrogens is 386 g/mol. The molecule has 1 aliphatic carbocycles. The van der Waals surface area contributed by atoms with Crippen LogP contribution in [0.2, 0.25) is 0 Å². The first-order chi connectivity index (χ1) is 14.6. The van der Waals surface area contributed by atoms with Crippen molar-refractivity contribution < 1.29 is 23.9 Å². The van der Waals surface area contributed by atoms with Crippen LogP contribution in [-0.4, -0.2) is 59.5 Å². The van der Waals surface area contributed by atoms with Gasteiger partial charge in [-0.1, -0.05) is 18.9 Å². The monoisotopic (exact) mass is 413 g/mol. The predicted molar refractivity (Wildman–Crippen MR) is 107 cm³/mol. The predicted octanol–water partition coefficient (Wildman–Crippen LogP) is 2.38. The smallest absolute Gasteiger partial charge is 0.325 e. The maximum atomic E-state index is 13.1. The fourth-order valence-corrected chi connectivity index (χ4v) is 5.16. The van der Waals surface area contributed by atoms with Crippen LogP contribution in [0, 0.1) is 0 Å². The number of benzene rings is 1. The number of hydrogen-bond donors (Lipinski definition) is 1. The summed E-state index contributed by atoms with van der Waals surface area (Å²) in [5, 5.41) is 2.84. The van der Waals surface area contributed by atoms with Gasteiger partial charge < -0.3 is 19.7 Å². The normalized spacial score (nSPS) is 25.0. The summed E-state index contributed by atoms with van der Waals surface area (Å²) in [5.74, 6) is 1.00. The van der Waals surface area contributed by atoms with E-state index in [2.05, 4.69) is 5.32 Å². The molecule has 5 rings (SSSR count). The molecule has 0 bridgehead atoms. The van der Waals surface area contributed by atoms with Gasteiger partial charge in [-0.15, -0.1) is 0 Å². The van der Waals surface area contributed by atoms with E-state index in [9.17, 15) is 14.4 Å². The molecule has 0 radical (unpaired) electrons. The molecule has 3 fully saturated rings. The molecule has 1 aromatic carbocycles. The highest BCUT2D eigenvalue weighted by Gasteiger charge is 2.53. The van der Waals surface area contributed by atoms with Gasteiger partial charge in [0.15, 0.2) is 11.5 Å². The van der Waals surface area contributed by atoms with Gasteiger partial charge in [0.2, 0.25) is 5.91 Å². The SMILES string of the molecule is O=C1NC2(CCCC2)C(=O)N1CC(=O)N1CCCC1c1ccc2c(c1)OCCCO2. The fourth-order valence-electron chi connectivity index (χ4n) is 5.16. The van der Waals surface area contributed by atoms with Gasteiger partial charge in [-0.25, -0.2) is 4.79 Å². The van der Waals surface area contributed by atoms with Crippen molar-refractivity contribution in [2.24, 2.45) is 0 Å². The second-order valence-electron chi connectivity index (χ2n) is 8.61. The lowest BCUT2D eigenvalue weighted by atomic mass is 9.98. The largest absolute Gasteiger partial charge is 0.490 e. The van der Waals surface area contributed by atoms with E-state index in [1.807, 2.05) is 18.2 Å². The quantitative estimate of drug-likeness (QED) is 0.769. The van der Waals surface area contributed by atoms with Crippen molar-refractivity contribution in [3.05, 3.63) is 23.8 Å². The molecule has 4 aliphatic rings. The third kappa shape index (κ3) is 3.18. The van der Waals surface area contributed by atoms with Crippen molar-refractivity contribution in [1.82, 2.24) is 15.1 Å². The molecule has 4 amide bonds. The molecule has 1 unspecified atom stereocenters. The minimum absolute atomic E-state index is 0.0872. The highest BCUT2D eigenvalue weighted by atomic mass is 16.5. The highest BCUT2D eigenvalue weighted by molar-refractivity contribution is 6.09. The minimum atomic E-state index is -0.782. The summed E-state index contributed by atoms with van der Waals surface area (Å²) in [7, 11) is 0. The Balaban J connectivity index is 1.32. The Hall–Kier alpha value is -2.77. The molecule has 160 valence electrons. The summed E-state index contributed by atoms with van der Waals surface area (Å²) in [6.07, 6.45) is 5.73. The van der Waals surface area contributed by atoms with Crippen molar-refractivity contribution in [1.29, 1.82) is 0 Å². The number of hydrogen-bond acceptors (Lipinski definition) is 5. The minimum Gasteiger partial charge on any atom is -0.490 e. The zero-order chi connectivity index (χ0) is 20.7. The Bertz CT molecular complexity index is 880. The summed E-state index contributed by atoms with van der Waals surface area (Å²) in [6, 6.07) is 5.30. The van der Waals surface area contributed by atoms with Crippen molar-refractivity contribution in [2.45, 2.75) is 56.5 Å². The number of likely N-dealkylation sites (tertiary alicyclic amines) is 1. The molecule has 1 atom stereocenters. The van der Waals surface area contributed by atoms with Gasteiger partial charge >= 0.3 is 6.03 Å². The molecule has 1 saturated carbocycles. The van der Waals surface area contributed by atoms with Crippen LogP contribution >= 0.6 is 0 Å². The van der Waals surface area contributed by atoms with Gasteiger partial charge in [0.1, 0.15) is 12.1 Å². The molecule has 8 nitrogen and oxygen atoms in total. The Morgan fingerprint density at radius 3 is 2.63 bits per heavy atom. The van der Waals surface area contributed by atoms with E-state index < -0.39 is 11.6 Å². The number of carbonyl (C=O) groups is 3. The number of rotatable bonds is 3. The average molecular weight is 413 g/mol. The molecule has 8 heteroatoms. The van der Waals surface area contributed by atoms with E-state index in [4.69, 9.17) is 9.47 Å². The summed E-state index contributed by atoms with van der Waals surface area (Å²) in [6.45, 7) is 1.66. The molecule has 1 spiro atoms. The van der Waals surface area contributed by atoms with Crippen molar-refractivity contribution >= 4 is 17.8 Å². The van der Waals surface area contributed by atoms with Crippen LogP contribution in [-0.2, 0) is 9.59 Å². The maximum Gasteiger partial charge on any atom is 0.325 e. The molecular formula is C22H27N3O5. The summed E-state index contributed by atoms with van der Waals surface area (Å²) >= 11 is 0. The topological polar surface area (TPSA) is 88.2 Å². The molecule has 1 aromatic rings. The Kier molecular flexibility index (Phi) is 4.79. The van der Waals surface area contributed by atoms with Crippen LogP contribution < -0.4 is 14.8 Å². The lowest BCUT2D eigenvalue weighted by Gasteiger charge is -2.27. The van der Waals surface area contributed by atoms with Crippen LogP contribution in [0.25, 0.3) is 0 Å². The summed E-state index contributed by atoms with van der Waals surface area (Å²) in [5.41, 5.74) is 0.213. The highest BCUT2D eigenvalue weighted by Crippen LogP contribution is 2.39. The molecule has 3 heterocycles. The molecule has 3 aliphatic heterocycles. The first-order valence-electron chi connectivity index (χ1n) is 10.9. The van der Waals surface area contributed by atoms with E-state index in [0.717, 1.165) is 48.3 Å². The van der Waals surface area contributed by atoms with Gasteiger partial charge in [0, 0.05) is 13.0 Å². The third-order valence-electron chi connectivity index (χ3n) is 6.73. The lowest BCUT2D eigenvalue weighted by Crippen LogP contribution is -2.46. The van der Waals surface area contributed by atoms with Crippen molar-refractivity contribution in [3.63, 3.8) is 0 Å². The van der Waals surface area contributed by atoms with Crippen molar-refractivity contribution in [3.8, 4) is 11.5 Å². The van der Waals surface area contributed by atoms with Gasteiger partial charge in [-0.3, -0.25) is 14.5 Å². The number of imide groups is 1. The molecule has 2 saturated heterocycles. The third-order valence-corrected chi connectivity index (χ3v) is 6.73. The van der Waals surface area contributed by atoms with Crippen LogP contribution in [0.15, 0.2) is 18.2 Å². The van der Waals surface area contributed by atoms with Crippen LogP contribution in [0.4, 0.5) is 4.79 Å². The number of amides is 4. The van der Waals surface area contributed by atoms with Gasteiger partial charge in [-0.2, -0.15) is 0 Å². The van der Waals surface area contributed by atoms with Crippen LogP contribution in [0.1, 0.15) is 56.6 Å². The van der Waals surface area contributed by atoms with Crippen molar-refractivity contribution in [2.75, 3.05) is 26.3 Å². The number of nitrogens with zero attached hydrogens (tertiary/aromatic N) is 2. The molecule has 30 heavy (non-hydrogen) atoms. The number of ether oxygens (including phenoxy) is 2. The molecule has 0 aromatic heterocycles. The Labute approximate surface area is 175 Å². The van der Waals surface area contributed by atoms with E-state index in [1.54, 1.807) is 4.90 Å². The second-order valence-corrected chi connectivity index (χ2v) is 8.61. The van der Waals surface area contributed by atoms with E-state index in [0.29, 0.717) is 38.3 Å². The second kappa shape index (κ2) is 7.49. The first-order valence-corrected chi connectivity index (χ1v) is 10.9. The van der Waals surface area contributed by atoms with E-state index >= 15 is 0 Å². The van der Waals surface area contributed by atoms with Crippen LogP contribution in [0.3, 0.4) is 0 Å². The zero-order valence-electron chi connectivity index (χ0n) is 17.0. The average Bonchev–Trinajstić information content (AvgIpc) is 3.41. The van der Waals surface area contributed by atoms with E-state index in [-0.39, 0.29) is 24.4 Å². The molecule has 1 N–H and O–H groups in total. The first kappa shape index (κ1) is 19.2. The maximum absolute atomic E-state index is 13.1.